The molecule has 0 saturated carbocycles. The Hall–Kier alpha value is -2.05. The van der Waals surface area contributed by atoms with E-state index in [0.29, 0.717) is 10.1 Å². The lowest BCUT2D eigenvalue weighted by Crippen LogP contribution is -2.23. The summed E-state index contributed by atoms with van der Waals surface area (Å²) < 4.78 is 0. The van der Waals surface area contributed by atoms with Crippen molar-refractivity contribution in [1.29, 1.82) is 0 Å². The quantitative estimate of drug-likeness (QED) is 0.624. The molecular formula is C17H15N3OS2. The second-order valence-corrected chi connectivity index (χ2v) is 6.75. The van der Waals surface area contributed by atoms with E-state index >= 15 is 0 Å². The Morgan fingerprint density at radius 3 is 2.91 bits per heavy atom. The van der Waals surface area contributed by atoms with Gasteiger partial charge in [-0.3, -0.25) is 14.7 Å². The molecule has 4 nitrogen and oxygen atoms in total. The van der Waals surface area contributed by atoms with E-state index in [1.54, 1.807) is 36.1 Å². The molecule has 3 rings (SSSR count). The number of hydrogen-bond acceptors (Lipinski definition) is 5. The molecule has 1 saturated heterocycles. The molecule has 1 aromatic heterocycles. The molecule has 2 aromatic rings. The van der Waals surface area contributed by atoms with Gasteiger partial charge in [0.25, 0.3) is 5.91 Å². The second kappa shape index (κ2) is 7.02. The zero-order valence-corrected chi connectivity index (χ0v) is 14.4. The summed E-state index contributed by atoms with van der Waals surface area (Å²) in [6.07, 6.45) is 7.32. The molecule has 1 aliphatic rings. The van der Waals surface area contributed by atoms with E-state index < -0.39 is 0 Å². The number of rotatable bonds is 3. The van der Waals surface area contributed by atoms with Crippen LogP contribution in [0, 0.1) is 0 Å². The molecule has 6 heteroatoms. The normalized spacial score (nSPS) is 18.2. The van der Waals surface area contributed by atoms with Gasteiger partial charge >= 0.3 is 0 Å². The van der Waals surface area contributed by atoms with Crippen LogP contribution in [0.25, 0.3) is 6.08 Å². The number of carbonyl (C=O) groups excluding carboxylic acids is 1. The summed E-state index contributed by atoms with van der Waals surface area (Å²) in [4.78, 5) is 24.4. The SMILES string of the molecule is CSc1cccc(N=C2S/C(=C\c3cccnc3)C(=O)N2C)c1. The molecule has 1 fully saturated rings. The van der Waals surface area contributed by atoms with Crippen LogP contribution < -0.4 is 0 Å². The fraction of sp³-hybridized carbons (Fsp3) is 0.118. The van der Waals surface area contributed by atoms with Crippen LogP contribution in [0.3, 0.4) is 0 Å². The molecule has 0 spiro atoms. The molecule has 23 heavy (non-hydrogen) atoms. The first kappa shape index (κ1) is 15.8. The summed E-state index contributed by atoms with van der Waals surface area (Å²) in [6.45, 7) is 0. The highest BCUT2D eigenvalue weighted by molar-refractivity contribution is 8.18. The van der Waals surface area contributed by atoms with Crippen LogP contribution in [0.15, 0.2) is 63.6 Å². The summed E-state index contributed by atoms with van der Waals surface area (Å²) in [5.41, 5.74) is 1.75. The molecule has 116 valence electrons. The third-order valence-corrected chi connectivity index (χ3v) is 5.05. The maximum atomic E-state index is 12.4. The zero-order chi connectivity index (χ0) is 16.2. The lowest BCUT2D eigenvalue weighted by molar-refractivity contribution is -0.121. The Morgan fingerprint density at radius 2 is 2.17 bits per heavy atom. The van der Waals surface area contributed by atoms with E-state index in [2.05, 4.69) is 9.98 Å². The van der Waals surface area contributed by atoms with E-state index in [9.17, 15) is 4.79 Å². The molecule has 1 aliphatic heterocycles. The predicted molar refractivity (Wildman–Crippen MR) is 97.9 cm³/mol. The first-order chi connectivity index (χ1) is 11.2. The molecule has 1 aromatic carbocycles. The van der Waals surface area contributed by atoms with Crippen molar-refractivity contribution in [1.82, 2.24) is 9.88 Å². The van der Waals surface area contributed by atoms with Crippen LogP contribution in [-0.4, -0.2) is 34.3 Å². The molecule has 0 N–H and O–H groups in total. The number of aliphatic imine (C=N–C) groups is 1. The van der Waals surface area contributed by atoms with Gasteiger partial charge in [0, 0.05) is 24.3 Å². The third kappa shape index (κ3) is 3.65. The van der Waals surface area contributed by atoms with Crippen molar-refractivity contribution in [2.75, 3.05) is 13.3 Å². The Balaban J connectivity index is 1.89. The van der Waals surface area contributed by atoms with Crippen LogP contribution in [-0.2, 0) is 4.79 Å². The van der Waals surface area contributed by atoms with E-state index in [0.717, 1.165) is 16.1 Å². The van der Waals surface area contributed by atoms with E-state index in [4.69, 9.17) is 0 Å². The van der Waals surface area contributed by atoms with Crippen molar-refractivity contribution in [3.63, 3.8) is 0 Å². The highest BCUT2D eigenvalue weighted by Gasteiger charge is 2.30. The first-order valence-corrected chi connectivity index (χ1v) is 9.02. The molecule has 0 unspecified atom stereocenters. The second-order valence-electron chi connectivity index (χ2n) is 4.86. The summed E-state index contributed by atoms with van der Waals surface area (Å²) >= 11 is 3.05. The minimum atomic E-state index is -0.0429. The van der Waals surface area contributed by atoms with Gasteiger partial charge in [-0.25, -0.2) is 4.99 Å². The highest BCUT2D eigenvalue weighted by Crippen LogP contribution is 2.33. The van der Waals surface area contributed by atoms with Gasteiger partial charge in [-0.15, -0.1) is 11.8 Å². The van der Waals surface area contributed by atoms with Crippen molar-refractivity contribution in [3.8, 4) is 0 Å². The maximum Gasteiger partial charge on any atom is 0.266 e. The molecule has 0 radical (unpaired) electrons. The van der Waals surface area contributed by atoms with Crippen molar-refractivity contribution in [2.24, 2.45) is 4.99 Å². The molecule has 0 aliphatic carbocycles. The molecule has 0 atom stereocenters. The van der Waals surface area contributed by atoms with Crippen molar-refractivity contribution >= 4 is 46.4 Å². The summed E-state index contributed by atoms with van der Waals surface area (Å²) in [7, 11) is 1.75. The van der Waals surface area contributed by atoms with Gasteiger partial charge in [0.2, 0.25) is 0 Å². The zero-order valence-electron chi connectivity index (χ0n) is 12.8. The van der Waals surface area contributed by atoms with Crippen LogP contribution in [0.4, 0.5) is 5.69 Å². The lowest BCUT2D eigenvalue weighted by Gasteiger charge is -2.07. The Kier molecular flexibility index (Phi) is 4.83. The molecule has 0 bridgehead atoms. The number of hydrogen-bond donors (Lipinski definition) is 0. The minimum Gasteiger partial charge on any atom is -0.290 e. The number of amidine groups is 1. The Labute approximate surface area is 143 Å². The summed E-state index contributed by atoms with van der Waals surface area (Å²) in [5.74, 6) is -0.0429. The smallest absolute Gasteiger partial charge is 0.266 e. The van der Waals surface area contributed by atoms with Gasteiger partial charge in [-0.2, -0.15) is 0 Å². The number of aromatic nitrogens is 1. The van der Waals surface area contributed by atoms with Crippen molar-refractivity contribution < 1.29 is 4.79 Å². The number of thioether (sulfide) groups is 2. The van der Waals surface area contributed by atoms with Gasteiger partial charge in [-0.05, 0) is 53.9 Å². The van der Waals surface area contributed by atoms with Crippen molar-refractivity contribution in [3.05, 3.63) is 59.3 Å². The average Bonchev–Trinajstić information content (AvgIpc) is 2.84. The largest absolute Gasteiger partial charge is 0.290 e. The van der Waals surface area contributed by atoms with Gasteiger partial charge in [0.15, 0.2) is 5.17 Å². The van der Waals surface area contributed by atoms with Crippen molar-refractivity contribution in [2.45, 2.75) is 4.90 Å². The van der Waals surface area contributed by atoms with Gasteiger partial charge in [-0.1, -0.05) is 12.1 Å². The number of likely N-dealkylation sites (N-methyl/N-ethyl adjacent to an activating group) is 1. The number of amides is 1. The molecule has 2 heterocycles. The van der Waals surface area contributed by atoms with Gasteiger partial charge in [0.05, 0.1) is 10.6 Å². The standard InChI is InChI=1S/C17H15N3OS2/c1-20-16(21)15(9-12-5-4-8-18-11-12)23-17(20)19-13-6-3-7-14(10-13)22-2/h3-11H,1-2H3/b15-9-,19-17?. The third-order valence-electron chi connectivity index (χ3n) is 3.26. The average molecular weight is 341 g/mol. The predicted octanol–water partition coefficient (Wildman–Crippen LogP) is 4.04. The molecular weight excluding hydrogens is 326 g/mol. The van der Waals surface area contributed by atoms with Crippen LogP contribution in [0.5, 0.6) is 0 Å². The van der Waals surface area contributed by atoms with E-state index in [-0.39, 0.29) is 5.91 Å². The number of pyridine rings is 1. The lowest BCUT2D eigenvalue weighted by atomic mass is 10.2. The fourth-order valence-corrected chi connectivity index (χ4v) is 3.49. The van der Waals surface area contributed by atoms with Crippen LogP contribution in [0.2, 0.25) is 0 Å². The van der Waals surface area contributed by atoms with Gasteiger partial charge in [0.1, 0.15) is 0 Å². The topological polar surface area (TPSA) is 45.6 Å². The summed E-state index contributed by atoms with van der Waals surface area (Å²) in [5, 5.41) is 0.684. The maximum absolute atomic E-state index is 12.4. The molecule has 1 amide bonds. The summed E-state index contributed by atoms with van der Waals surface area (Å²) in [6, 6.07) is 11.7. The van der Waals surface area contributed by atoms with Gasteiger partial charge < -0.3 is 0 Å². The first-order valence-electron chi connectivity index (χ1n) is 6.98. The monoisotopic (exact) mass is 341 g/mol. The Bertz CT molecular complexity index is 787. The van der Waals surface area contributed by atoms with Crippen LogP contribution >= 0.6 is 23.5 Å². The number of carbonyl (C=O) groups is 1. The van der Waals surface area contributed by atoms with E-state index in [1.807, 2.05) is 48.7 Å². The number of benzene rings is 1. The Morgan fingerprint density at radius 1 is 1.30 bits per heavy atom. The van der Waals surface area contributed by atoms with Crippen LogP contribution in [0.1, 0.15) is 5.56 Å². The van der Waals surface area contributed by atoms with E-state index in [1.165, 1.54) is 11.8 Å². The highest BCUT2D eigenvalue weighted by atomic mass is 32.2. The minimum absolute atomic E-state index is 0.0429. The number of nitrogens with zero attached hydrogens (tertiary/aromatic N) is 3. The fourth-order valence-electron chi connectivity index (χ4n) is 2.05.